The maximum absolute atomic E-state index is 12.3. The van der Waals surface area contributed by atoms with Crippen LogP contribution in [-0.4, -0.2) is 38.0 Å². The number of aromatic amines is 1. The quantitative estimate of drug-likeness (QED) is 0.780. The van der Waals surface area contributed by atoms with Crippen LogP contribution in [0.25, 0.3) is 11.1 Å². The van der Waals surface area contributed by atoms with E-state index in [4.69, 9.17) is 4.52 Å². The molecule has 20 heavy (non-hydrogen) atoms. The van der Waals surface area contributed by atoms with Crippen LogP contribution >= 0.6 is 0 Å². The summed E-state index contributed by atoms with van der Waals surface area (Å²) in [7, 11) is 1.72. The average molecular weight is 271 g/mol. The van der Waals surface area contributed by atoms with Crippen molar-refractivity contribution in [3.05, 3.63) is 41.7 Å². The number of aromatic nitrogens is 4. The summed E-state index contributed by atoms with van der Waals surface area (Å²) in [6, 6.07) is 1.75. The molecule has 102 valence electrons. The standard InChI is InChI=1S/C13H13N5O2/c1-8-10-5-9(6-16-12(10)20-17-8)13(19)18(2)7-11-14-3-4-15-11/h3-6H,7H2,1-2H3,(H,14,15). The number of pyridine rings is 1. The Bertz CT molecular complexity index is 747. The lowest BCUT2D eigenvalue weighted by Gasteiger charge is -2.15. The van der Waals surface area contributed by atoms with Gasteiger partial charge in [0.1, 0.15) is 5.82 Å². The van der Waals surface area contributed by atoms with Crippen LogP contribution in [0.1, 0.15) is 21.9 Å². The number of carbonyl (C=O) groups excluding carboxylic acids is 1. The molecule has 3 rings (SSSR count). The smallest absolute Gasteiger partial charge is 0.257 e. The molecule has 0 aliphatic heterocycles. The largest absolute Gasteiger partial charge is 0.347 e. The molecule has 7 heteroatoms. The second-order valence-electron chi connectivity index (χ2n) is 4.54. The normalized spacial score (nSPS) is 10.9. The van der Waals surface area contributed by atoms with E-state index in [2.05, 4.69) is 20.1 Å². The van der Waals surface area contributed by atoms with E-state index >= 15 is 0 Å². The summed E-state index contributed by atoms with van der Waals surface area (Å²) in [6.07, 6.45) is 4.87. The van der Waals surface area contributed by atoms with E-state index in [1.54, 1.807) is 30.4 Å². The minimum absolute atomic E-state index is 0.128. The predicted octanol–water partition coefficient (Wildman–Crippen LogP) is 1.53. The first-order chi connectivity index (χ1) is 9.65. The average Bonchev–Trinajstić information content (AvgIpc) is 3.08. The molecule has 0 atom stereocenters. The fourth-order valence-corrected chi connectivity index (χ4v) is 1.96. The highest BCUT2D eigenvalue weighted by atomic mass is 16.5. The molecule has 0 saturated heterocycles. The number of fused-ring (bicyclic) bond motifs is 1. The lowest BCUT2D eigenvalue weighted by atomic mass is 10.2. The highest BCUT2D eigenvalue weighted by molar-refractivity contribution is 5.96. The zero-order chi connectivity index (χ0) is 14.1. The molecule has 0 aliphatic carbocycles. The molecule has 0 bridgehead atoms. The molecule has 0 aliphatic rings. The first-order valence-corrected chi connectivity index (χ1v) is 6.11. The number of hydrogen-bond acceptors (Lipinski definition) is 5. The monoisotopic (exact) mass is 271 g/mol. The van der Waals surface area contributed by atoms with Crippen molar-refractivity contribution in [1.82, 2.24) is 25.0 Å². The zero-order valence-corrected chi connectivity index (χ0v) is 11.1. The Balaban J connectivity index is 1.85. The molecular weight excluding hydrogens is 258 g/mol. The number of amides is 1. The number of nitrogens with one attached hydrogen (secondary N) is 1. The Hall–Kier alpha value is -2.70. The van der Waals surface area contributed by atoms with Crippen LogP contribution in [0.15, 0.2) is 29.2 Å². The van der Waals surface area contributed by atoms with Gasteiger partial charge in [0.2, 0.25) is 0 Å². The van der Waals surface area contributed by atoms with Gasteiger partial charge in [-0.1, -0.05) is 5.16 Å². The molecular formula is C13H13N5O2. The van der Waals surface area contributed by atoms with Crippen molar-refractivity contribution in [3.8, 4) is 0 Å². The molecule has 1 amide bonds. The van der Waals surface area contributed by atoms with Crippen LogP contribution in [0.4, 0.5) is 0 Å². The second-order valence-corrected chi connectivity index (χ2v) is 4.54. The van der Waals surface area contributed by atoms with E-state index in [0.29, 0.717) is 17.8 Å². The van der Waals surface area contributed by atoms with Crippen LogP contribution < -0.4 is 0 Å². The lowest BCUT2D eigenvalue weighted by Crippen LogP contribution is -2.26. The Labute approximate surface area is 114 Å². The van der Waals surface area contributed by atoms with Gasteiger partial charge < -0.3 is 14.4 Å². The van der Waals surface area contributed by atoms with E-state index < -0.39 is 0 Å². The van der Waals surface area contributed by atoms with E-state index in [-0.39, 0.29) is 5.91 Å². The summed E-state index contributed by atoms with van der Waals surface area (Å²) < 4.78 is 5.03. The van der Waals surface area contributed by atoms with Crippen molar-refractivity contribution in [3.63, 3.8) is 0 Å². The summed E-state index contributed by atoms with van der Waals surface area (Å²) in [4.78, 5) is 25.1. The van der Waals surface area contributed by atoms with Gasteiger partial charge >= 0.3 is 0 Å². The molecule has 0 radical (unpaired) electrons. The molecule has 0 saturated carbocycles. The summed E-state index contributed by atoms with van der Waals surface area (Å²) in [5.41, 5.74) is 1.65. The fraction of sp³-hybridized carbons (Fsp3) is 0.231. The third kappa shape index (κ3) is 2.13. The van der Waals surface area contributed by atoms with Gasteiger partial charge in [0.05, 0.1) is 23.2 Å². The van der Waals surface area contributed by atoms with E-state index in [0.717, 1.165) is 16.9 Å². The highest BCUT2D eigenvalue weighted by Gasteiger charge is 2.16. The second kappa shape index (κ2) is 4.76. The van der Waals surface area contributed by atoms with Crippen molar-refractivity contribution < 1.29 is 9.32 Å². The maximum atomic E-state index is 12.3. The minimum Gasteiger partial charge on any atom is -0.347 e. The van der Waals surface area contributed by atoms with Crippen molar-refractivity contribution in [1.29, 1.82) is 0 Å². The van der Waals surface area contributed by atoms with Gasteiger partial charge in [-0.05, 0) is 13.0 Å². The molecule has 3 aromatic heterocycles. The molecule has 0 unspecified atom stereocenters. The molecule has 0 spiro atoms. The molecule has 3 aromatic rings. The third-order valence-electron chi connectivity index (χ3n) is 3.05. The first kappa shape index (κ1) is 12.3. The fourth-order valence-electron chi connectivity index (χ4n) is 1.96. The number of H-pyrrole nitrogens is 1. The number of nitrogens with zero attached hydrogens (tertiary/aromatic N) is 4. The Morgan fingerprint density at radius 1 is 1.45 bits per heavy atom. The van der Waals surface area contributed by atoms with Gasteiger partial charge in [-0.3, -0.25) is 4.79 Å². The van der Waals surface area contributed by atoms with Crippen molar-refractivity contribution in [2.45, 2.75) is 13.5 Å². The van der Waals surface area contributed by atoms with Crippen LogP contribution in [0, 0.1) is 6.92 Å². The van der Waals surface area contributed by atoms with Crippen molar-refractivity contribution in [2.75, 3.05) is 7.05 Å². The summed E-state index contributed by atoms with van der Waals surface area (Å²) in [6.45, 7) is 2.22. The van der Waals surface area contributed by atoms with Gasteiger partial charge in [-0.25, -0.2) is 9.97 Å². The van der Waals surface area contributed by atoms with E-state index in [1.165, 1.54) is 6.20 Å². The van der Waals surface area contributed by atoms with Gasteiger partial charge in [0, 0.05) is 25.6 Å². The predicted molar refractivity (Wildman–Crippen MR) is 70.9 cm³/mol. The van der Waals surface area contributed by atoms with Gasteiger partial charge in [-0.15, -0.1) is 0 Å². The van der Waals surface area contributed by atoms with E-state index in [9.17, 15) is 4.79 Å². The van der Waals surface area contributed by atoms with Crippen molar-refractivity contribution in [2.24, 2.45) is 0 Å². The number of aryl methyl sites for hydroxylation is 1. The van der Waals surface area contributed by atoms with Gasteiger partial charge in [0.25, 0.3) is 11.6 Å². The van der Waals surface area contributed by atoms with Crippen LogP contribution in [0.2, 0.25) is 0 Å². The lowest BCUT2D eigenvalue weighted by molar-refractivity contribution is 0.0781. The summed E-state index contributed by atoms with van der Waals surface area (Å²) in [5, 5.41) is 4.58. The number of rotatable bonds is 3. The van der Waals surface area contributed by atoms with E-state index in [1.807, 2.05) is 6.92 Å². The van der Waals surface area contributed by atoms with Crippen LogP contribution in [0.3, 0.4) is 0 Å². The number of hydrogen-bond donors (Lipinski definition) is 1. The SMILES string of the molecule is Cc1noc2ncc(C(=O)N(C)Cc3ncc[nH]3)cc12. The Kier molecular flexibility index (Phi) is 2.94. The van der Waals surface area contributed by atoms with Crippen LogP contribution in [-0.2, 0) is 6.54 Å². The molecule has 0 aromatic carbocycles. The van der Waals surface area contributed by atoms with Gasteiger partial charge in [0.15, 0.2) is 0 Å². The zero-order valence-electron chi connectivity index (χ0n) is 11.1. The Morgan fingerprint density at radius 2 is 2.30 bits per heavy atom. The first-order valence-electron chi connectivity index (χ1n) is 6.11. The Morgan fingerprint density at radius 3 is 3.05 bits per heavy atom. The third-order valence-corrected chi connectivity index (χ3v) is 3.05. The molecule has 0 fully saturated rings. The summed E-state index contributed by atoms with van der Waals surface area (Å²) in [5.74, 6) is 0.604. The molecule has 1 N–H and O–H groups in total. The minimum atomic E-state index is -0.128. The summed E-state index contributed by atoms with van der Waals surface area (Å²) >= 11 is 0. The number of imidazole rings is 1. The number of carbonyl (C=O) groups is 1. The van der Waals surface area contributed by atoms with Gasteiger partial charge in [-0.2, -0.15) is 0 Å². The molecule has 7 nitrogen and oxygen atoms in total. The van der Waals surface area contributed by atoms with Crippen LogP contribution in [0.5, 0.6) is 0 Å². The highest BCUT2D eigenvalue weighted by Crippen LogP contribution is 2.17. The topological polar surface area (TPSA) is 87.9 Å². The molecule has 3 heterocycles. The van der Waals surface area contributed by atoms with Crippen molar-refractivity contribution >= 4 is 17.0 Å². The maximum Gasteiger partial charge on any atom is 0.257 e.